The average molecular weight is 565 g/mol. The molecule has 2 amide bonds. The van der Waals surface area contributed by atoms with Crippen molar-refractivity contribution in [1.82, 2.24) is 9.80 Å². The lowest BCUT2D eigenvalue weighted by atomic mass is 10.00. The lowest BCUT2D eigenvalue weighted by molar-refractivity contribution is 0.0385. The Bertz CT molecular complexity index is 1330. The fourth-order valence-electron chi connectivity index (χ4n) is 5.13. The Morgan fingerprint density at radius 3 is 1.56 bits per heavy atom. The van der Waals surface area contributed by atoms with Crippen molar-refractivity contribution in [2.75, 3.05) is 62.3 Å². The Morgan fingerprint density at radius 2 is 1.12 bits per heavy atom. The normalized spacial score (nSPS) is 14.7. The van der Waals surface area contributed by atoms with Crippen LogP contribution in [0.3, 0.4) is 0 Å². The zero-order valence-corrected chi connectivity index (χ0v) is 24.3. The van der Waals surface area contributed by atoms with Crippen molar-refractivity contribution in [3.63, 3.8) is 0 Å². The van der Waals surface area contributed by atoms with Crippen LogP contribution in [-0.2, 0) is 6.42 Å². The molecule has 41 heavy (non-hydrogen) atoms. The predicted octanol–water partition coefficient (Wildman–Crippen LogP) is 3.95. The minimum absolute atomic E-state index is 0.190. The van der Waals surface area contributed by atoms with Gasteiger partial charge < -0.3 is 38.2 Å². The van der Waals surface area contributed by atoms with E-state index >= 15 is 0 Å². The minimum atomic E-state index is -0.288. The molecule has 1 unspecified atom stereocenters. The van der Waals surface area contributed by atoms with Crippen LogP contribution in [-0.4, -0.2) is 89.9 Å². The van der Waals surface area contributed by atoms with Crippen LogP contribution in [0.5, 0.6) is 34.5 Å². The summed E-state index contributed by atoms with van der Waals surface area (Å²) in [6.45, 7) is 1.01. The zero-order chi connectivity index (χ0) is 29.5. The van der Waals surface area contributed by atoms with E-state index < -0.39 is 0 Å². The maximum Gasteiger partial charge on any atom is 0.254 e. The molecule has 3 aromatic carbocycles. The SMILES string of the molecule is COc1cc(C(=O)N2CCN(C(=O)c3cc(OC)c(OC)c(OC)c3)C(Cc3ccccc3)C2)cc(OC)c1OC. The van der Waals surface area contributed by atoms with Gasteiger partial charge in [0.1, 0.15) is 0 Å². The van der Waals surface area contributed by atoms with Gasteiger partial charge in [0.2, 0.25) is 11.5 Å². The second-order valence-electron chi connectivity index (χ2n) is 9.42. The topological polar surface area (TPSA) is 96.0 Å². The van der Waals surface area contributed by atoms with Crippen LogP contribution in [0.2, 0.25) is 0 Å². The van der Waals surface area contributed by atoms with Crippen LogP contribution in [0.15, 0.2) is 54.6 Å². The summed E-state index contributed by atoms with van der Waals surface area (Å²) < 4.78 is 32.7. The van der Waals surface area contributed by atoms with Gasteiger partial charge in [0, 0.05) is 30.8 Å². The Morgan fingerprint density at radius 1 is 0.659 bits per heavy atom. The average Bonchev–Trinajstić information content (AvgIpc) is 3.02. The number of amides is 2. The summed E-state index contributed by atoms with van der Waals surface area (Å²) in [6.07, 6.45) is 0.566. The van der Waals surface area contributed by atoms with Gasteiger partial charge in [-0.3, -0.25) is 9.59 Å². The summed E-state index contributed by atoms with van der Waals surface area (Å²) in [5.41, 5.74) is 1.87. The summed E-state index contributed by atoms with van der Waals surface area (Å²) in [5.74, 6) is 2.02. The number of piperazine rings is 1. The van der Waals surface area contributed by atoms with Gasteiger partial charge in [-0.25, -0.2) is 0 Å². The molecule has 0 N–H and O–H groups in total. The van der Waals surface area contributed by atoms with Crippen molar-refractivity contribution in [3.05, 3.63) is 71.3 Å². The third kappa shape index (κ3) is 6.11. The van der Waals surface area contributed by atoms with E-state index in [0.29, 0.717) is 71.7 Å². The first-order chi connectivity index (χ1) is 19.9. The minimum Gasteiger partial charge on any atom is -0.493 e. The fraction of sp³-hybridized carbons (Fsp3) is 0.355. The van der Waals surface area contributed by atoms with Crippen LogP contribution in [0.25, 0.3) is 0 Å². The highest BCUT2D eigenvalue weighted by Gasteiger charge is 2.35. The predicted molar refractivity (Wildman–Crippen MR) is 153 cm³/mol. The summed E-state index contributed by atoms with van der Waals surface area (Å²) in [4.78, 5) is 31.3. The Labute approximate surface area is 240 Å². The molecule has 218 valence electrons. The Balaban J connectivity index is 1.66. The number of hydrogen-bond donors (Lipinski definition) is 0. The number of hydrogen-bond acceptors (Lipinski definition) is 8. The molecule has 10 nitrogen and oxygen atoms in total. The highest BCUT2D eigenvalue weighted by atomic mass is 16.5. The summed E-state index contributed by atoms with van der Waals surface area (Å²) in [6, 6.07) is 16.2. The van der Waals surface area contributed by atoms with E-state index in [1.807, 2.05) is 35.2 Å². The zero-order valence-electron chi connectivity index (χ0n) is 24.3. The van der Waals surface area contributed by atoms with Crippen molar-refractivity contribution in [3.8, 4) is 34.5 Å². The third-order valence-corrected chi connectivity index (χ3v) is 7.17. The quantitative estimate of drug-likeness (QED) is 0.365. The molecule has 10 heteroatoms. The molecule has 1 atom stereocenters. The molecule has 1 fully saturated rings. The number of rotatable bonds is 10. The van der Waals surface area contributed by atoms with E-state index in [-0.39, 0.29) is 17.9 Å². The van der Waals surface area contributed by atoms with E-state index in [2.05, 4.69) is 0 Å². The number of methoxy groups -OCH3 is 6. The molecule has 0 aromatic heterocycles. The lowest BCUT2D eigenvalue weighted by Crippen LogP contribution is -2.57. The molecule has 0 aliphatic carbocycles. The first kappa shape index (κ1) is 29.4. The molecule has 1 aliphatic heterocycles. The first-order valence-electron chi connectivity index (χ1n) is 13.1. The lowest BCUT2D eigenvalue weighted by Gasteiger charge is -2.42. The monoisotopic (exact) mass is 564 g/mol. The van der Waals surface area contributed by atoms with Gasteiger partial charge in [-0.2, -0.15) is 0 Å². The molecule has 0 radical (unpaired) electrons. The molecular formula is C31H36N2O8. The number of nitrogens with zero attached hydrogens (tertiary/aromatic N) is 2. The Hall–Kier alpha value is -4.60. The molecule has 0 spiro atoms. The van der Waals surface area contributed by atoms with Gasteiger partial charge >= 0.3 is 0 Å². The van der Waals surface area contributed by atoms with Crippen LogP contribution in [0.1, 0.15) is 26.3 Å². The summed E-state index contributed by atoms with van der Waals surface area (Å²) in [7, 11) is 9.07. The van der Waals surface area contributed by atoms with Gasteiger partial charge in [-0.15, -0.1) is 0 Å². The van der Waals surface area contributed by atoms with Crippen LogP contribution in [0, 0.1) is 0 Å². The molecule has 0 saturated carbocycles. The highest BCUT2D eigenvalue weighted by Crippen LogP contribution is 2.40. The van der Waals surface area contributed by atoms with Crippen LogP contribution < -0.4 is 28.4 Å². The van der Waals surface area contributed by atoms with Crippen molar-refractivity contribution in [2.45, 2.75) is 12.5 Å². The molecular weight excluding hydrogens is 528 g/mol. The van der Waals surface area contributed by atoms with E-state index in [0.717, 1.165) is 5.56 Å². The Kier molecular flexibility index (Phi) is 9.44. The van der Waals surface area contributed by atoms with Crippen molar-refractivity contribution >= 4 is 11.8 Å². The van der Waals surface area contributed by atoms with Crippen LogP contribution in [0.4, 0.5) is 0 Å². The standard InChI is InChI=1S/C31H36N2O8/c1-36-24-15-21(16-25(37-2)28(24)40-5)30(34)32-12-13-33(23(19-32)14-20-10-8-7-9-11-20)31(35)22-17-26(38-3)29(41-6)27(18-22)39-4/h7-11,15-18,23H,12-14,19H2,1-6H3. The molecule has 3 aromatic rings. The summed E-state index contributed by atoms with van der Waals surface area (Å²) >= 11 is 0. The molecule has 1 heterocycles. The van der Waals surface area contributed by atoms with Crippen molar-refractivity contribution < 1.29 is 38.0 Å². The number of benzene rings is 3. The maximum absolute atomic E-state index is 13.9. The first-order valence-corrected chi connectivity index (χ1v) is 13.1. The fourth-order valence-corrected chi connectivity index (χ4v) is 5.13. The van der Waals surface area contributed by atoms with Crippen molar-refractivity contribution in [2.24, 2.45) is 0 Å². The van der Waals surface area contributed by atoms with Gasteiger partial charge in [0.05, 0.1) is 48.7 Å². The number of carbonyl (C=O) groups excluding carboxylic acids is 2. The van der Waals surface area contributed by atoms with Crippen molar-refractivity contribution in [1.29, 1.82) is 0 Å². The largest absolute Gasteiger partial charge is 0.493 e. The molecule has 0 bridgehead atoms. The number of carbonyl (C=O) groups is 2. The number of ether oxygens (including phenoxy) is 6. The second kappa shape index (κ2) is 13.2. The van der Waals surface area contributed by atoms with Crippen LogP contribution >= 0.6 is 0 Å². The summed E-state index contributed by atoms with van der Waals surface area (Å²) in [5, 5.41) is 0. The van der Waals surface area contributed by atoms with E-state index in [1.165, 1.54) is 42.7 Å². The van der Waals surface area contributed by atoms with Gasteiger partial charge in [0.15, 0.2) is 23.0 Å². The van der Waals surface area contributed by atoms with Gasteiger partial charge in [0.25, 0.3) is 11.8 Å². The third-order valence-electron chi connectivity index (χ3n) is 7.17. The van der Waals surface area contributed by atoms with E-state index in [1.54, 1.807) is 29.2 Å². The highest BCUT2D eigenvalue weighted by molar-refractivity contribution is 5.97. The van der Waals surface area contributed by atoms with Gasteiger partial charge in [-0.05, 0) is 36.2 Å². The second-order valence-corrected chi connectivity index (χ2v) is 9.42. The smallest absolute Gasteiger partial charge is 0.254 e. The van der Waals surface area contributed by atoms with Gasteiger partial charge in [-0.1, -0.05) is 30.3 Å². The van der Waals surface area contributed by atoms with E-state index in [4.69, 9.17) is 28.4 Å². The molecule has 1 saturated heterocycles. The maximum atomic E-state index is 13.9. The molecule has 4 rings (SSSR count). The van der Waals surface area contributed by atoms with E-state index in [9.17, 15) is 9.59 Å². The molecule has 1 aliphatic rings.